The minimum atomic E-state index is -3.61. The molecule has 0 saturated carbocycles. The topological polar surface area (TPSA) is 97.2 Å². The maximum absolute atomic E-state index is 12.7. The van der Waals surface area contributed by atoms with Crippen LogP contribution in [-0.4, -0.2) is 59.8 Å². The second kappa shape index (κ2) is 10.5. The van der Waals surface area contributed by atoms with Gasteiger partial charge in [0, 0.05) is 26.2 Å². The van der Waals surface area contributed by atoms with E-state index in [1.165, 1.54) is 30.2 Å². The van der Waals surface area contributed by atoms with Gasteiger partial charge in [0.05, 0.1) is 16.3 Å². The van der Waals surface area contributed by atoms with Gasteiger partial charge in [-0.1, -0.05) is 49.0 Å². The molecule has 0 aliphatic heterocycles. The van der Waals surface area contributed by atoms with Crippen molar-refractivity contribution in [1.29, 1.82) is 0 Å². The summed E-state index contributed by atoms with van der Waals surface area (Å²) >= 11 is 1.30. The van der Waals surface area contributed by atoms with Crippen molar-refractivity contribution in [2.45, 2.75) is 37.2 Å². The highest BCUT2D eigenvalue weighted by atomic mass is 32.2. The van der Waals surface area contributed by atoms with Gasteiger partial charge in [0.15, 0.2) is 11.0 Å². The zero-order valence-corrected chi connectivity index (χ0v) is 21.1. The molecule has 0 saturated heterocycles. The number of aryl methyl sites for hydroxylation is 2. The minimum absolute atomic E-state index is 0.0708. The van der Waals surface area contributed by atoms with Gasteiger partial charge in [-0.05, 0) is 43.5 Å². The molecule has 3 aromatic rings. The number of benzene rings is 2. The third kappa shape index (κ3) is 5.45. The van der Waals surface area contributed by atoms with Crippen LogP contribution in [0.15, 0.2) is 52.5 Å². The van der Waals surface area contributed by atoms with E-state index in [9.17, 15) is 13.2 Å². The molecule has 0 aliphatic rings. The molecule has 0 spiro atoms. The molecule has 0 aliphatic carbocycles. The van der Waals surface area contributed by atoms with Crippen molar-refractivity contribution in [2.24, 2.45) is 0 Å². The van der Waals surface area contributed by atoms with Crippen molar-refractivity contribution in [2.75, 3.05) is 26.4 Å². The van der Waals surface area contributed by atoms with Gasteiger partial charge in [0.2, 0.25) is 15.9 Å². The number of hydrogen-bond donors (Lipinski definition) is 1. The Morgan fingerprint density at radius 1 is 1.09 bits per heavy atom. The summed E-state index contributed by atoms with van der Waals surface area (Å²) in [6.45, 7) is 6.63. The third-order valence-corrected chi connectivity index (χ3v) is 7.81. The number of amides is 1. The minimum Gasteiger partial charge on any atom is -0.355 e. The standard InChI is InChI=1S/C23H29N5O3S2/c1-6-13-24-20(29)15-32-23-26-25-22(28(23)21-16(2)9-7-10-17(21)3)18-11-8-12-19(14-18)33(30,31)27(4)5/h7-12,14H,6,13,15H2,1-5H3,(H,24,29). The average molecular weight is 488 g/mol. The Morgan fingerprint density at radius 2 is 1.76 bits per heavy atom. The smallest absolute Gasteiger partial charge is 0.242 e. The van der Waals surface area contributed by atoms with Crippen molar-refractivity contribution in [1.82, 2.24) is 24.4 Å². The summed E-state index contributed by atoms with van der Waals surface area (Å²) in [6, 6.07) is 12.7. The van der Waals surface area contributed by atoms with E-state index in [1.54, 1.807) is 18.2 Å². The van der Waals surface area contributed by atoms with Crippen LogP contribution in [0.3, 0.4) is 0 Å². The van der Waals surface area contributed by atoms with Gasteiger partial charge < -0.3 is 5.32 Å². The van der Waals surface area contributed by atoms with E-state index in [0.29, 0.717) is 23.1 Å². The van der Waals surface area contributed by atoms with E-state index in [4.69, 9.17) is 0 Å². The highest BCUT2D eigenvalue weighted by Gasteiger charge is 2.22. The predicted octanol–water partition coefficient (Wildman–Crippen LogP) is 3.42. The largest absolute Gasteiger partial charge is 0.355 e. The molecule has 1 aromatic heterocycles. The van der Waals surface area contributed by atoms with E-state index in [2.05, 4.69) is 15.5 Å². The van der Waals surface area contributed by atoms with E-state index in [0.717, 1.165) is 23.2 Å². The highest BCUT2D eigenvalue weighted by molar-refractivity contribution is 7.99. The fourth-order valence-electron chi connectivity index (χ4n) is 3.36. The van der Waals surface area contributed by atoms with Crippen LogP contribution in [0, 0.1) is 13.8 Å². The van der Waals surface area contributed by atoms with E-state index in [-0.39, 0.29) is 16.6 Å². The highest BCUT2D eigenvalue weighted by Crippen LogP contribution is 2.32. The number of rotatable bonds is 9. The number of nitrogens with zero attached hydrogens (tertiary/aromatic N) is 4. The maximum Gasteiger partial charge on any atom is 0.242 e. The van der Waals surface area contributed by atoms with Crippen LogP contribution in [0.25, 0.3) is 17.1 Å². The summed E-state index contributed by atoms with van der Waals surface area (Å²) in [7, 11) is -0.608. The Kier molecular flexibility index (Phi) is 7.93. The van der Waals surface area contributed by atoms with Crippen molar-refractivity contribution in [3.63, 3.8) is 0 Å². The van der Waals surface area contributed by atoms with Gasteiger partial charge in [-0.15, -0.1) is 10.2 Å². The molecule has 0 bridgehead atoms. The van der Waals surface area contributed by atoms with Crippen molar-refractivity contribution in [3.05, 3.63) is 53.6 Å². The number of hydrogen-bond acceptors (Lipinski definition) is 6. The zero-order chi connectivity index (χ0) is 24.2. The first kappa shape index (κ1) is 24.9. The molecular formula is C23H29N5O3S2. The van der Waals surface area contributed by atoms with Crippen LogP contribution in [0.5, 0.6) is 0 Å². The SMILES string of the molecule is CCCNC(=O)CSc1nnc(-c2cccc(S(=O)(=O)N(C)C)c2)n1-c1c(C)cccc1C. The average Bonchev–Trinajstić information content (AvgIpc) is 3.19. The Balaban J connectivity index is 2.12. The first-order chi connectivity index (χ1) is 15.7. The van der Waals surface area contributed by atoms with Crippen molar-refractivity contribution >= 4 is 27.7 Å². The van der Waals surface area contributed by atoms with Crippen molar-refractivity contribution in [3.8, 4) is 17.1 Å². The number of carbonyl (C=O) groups is 1. The summed E-state index contributed by atoms with van der Waals surface area (Å²) in [6.07, 6.45) is 0.866. The Bertz CT molecular complexity index is 1230. The maximum atomic E-state index is 12.7. The van der Waals surface area contributed by atoms with Crippen LogP contribution in [0.4, 0.5) is 0 Å². The monoisotopic (exact) mass is 487 g/mol. The summed E-state index contributed by atoms with van der Waals surface area (Å²) in [5, 5.41) is 12.2. The molecule has 10 heteroatoms. The molecule has 33 heavy (non-hydrogen) atoms. The lowest BCUT2D eigenvalue weighted by molar-refractivity contribution is -0.118. The summed E-state index contributed by atoms with van der Waals surface area (Å²) in [4.78, 5) is 12.4. The normalized spacial score (nSPS) is 11.7. The summed E-state index contributed by atoms with van der Waals surface area (Å²) in [5.41, 5.74) is 3.57. The molecule has 2 aromatic carbocycles. The second-order valence-electron chi connectivity index (χ2n) is 7.84. The molecule has 1 heterocycles. The third-order valence-electron chi connectivity index (χ3n) is 5.07. The van der Waals surface area contributed by atoms with Crippen molar-refractivity contribution < 1.29 is 13.2 Å². The van der Waals surface area contributed by atoms with E-state index in [1.807, 2.05) is 49.6 Å². The lowest BCUT2D eigenvalue weighted by atomic mass is 10.1. The number of sulfonamides is 1. The second-order valence-corrected chi connectivity index (χ2v) is 10.9. The number of thioether (sulfide) groups is 1. The molecular weight excluding hydrogens is 458 g/mol. The number of nitrogens with one attached hydrogen (secondary N) is 1. The molecule has 0 atom stereocenters. The van der Waals surface area contributed by atoms with E-state index >= 15 is 0 Å². The Labute approximate surface area is 199 Å². The van der Waals surface area contributed by atoms with E-state index < -0.39 is 10.0 Å². The van der Waals surface area contributed by atoms with Gasteiger partial charge in [-0.2, -0.15) is 0 Å². The van der Waals surface area contributed by atoms with Gasteiger partial charge in [-0.25, -0.2) is 12.7 Å². The first-order valence-electron chi connectivity index (χ1n) is 10.6. The molecule has 1 N–H and O–H groups in total. The lowest BCUT2D eigenvalue weighted by Gasteiger charge is -2.16. The summed E-state index contributed by atoms with van der Waals surface area (Å²) < 4.78 is 28.4. The molecule has 8 nitrogen and oxygen atoms in total. The van der Waals surface area contributed by atoms with Crippen LogP contribution in [-0.2, 0) is 14.8 Å². The molecule has 1 amide bonds. The Hall–Kier alpha value is -2.69. The lowest BCUT2D eigenvalue weighted by Crippen LogP contribution is -2.25. The molecule has 176 valence electrons. The molecule has 3 rings (SSSR count). The molecule has 0 fully saturated rings. The number of aromatic nitrogens is 3. The van der Waals surface area contributed by atoms with Crippen LogP contribution in [0.1, 0.15) is 24.5 Å². The van der Waals surface area contributed by atoms with Crippen LogP contribution < -0.4 is 5.32 Å². The number of carbonyl (C=O) groups excluding carboxylic acids is 1. The fraction of sp³-hybridized carbons (Fsp3) is 0.348. The van der Waals surface area contributed by atoms with Gasteiger partial charge >= 0.3 is 0 Å². The molecule has 0 unspecified atom stereocenters. The van der Waals surface area contributed by atoms with Gasteiger partial charge in [0.25, 0.3) is 0 Å². The zero-order valence-electron chi connectivity index (χ0n) is 19.5. The predicted molar refractivity (Wildman–Crippen MR) is 131 cm³/mol. The van der Waals surface area contributed by atoms with Gasteiger partial charge in [0.1, 0.15) is 0 Å². The fourth-order valence-corrected chi connectivity index (χ4v) is 5.08. The van der Waals surface area contributed by atoms with Crippen LogP contribution >= 0.6 is 11.8 Å². The summed E-state index contributed by atoms with van der Waals surface area (Å²) in [5.74, 6) is 0.649. The quantitative estimate of drug-likeness (QED) is 0.465. The number of para-hydroxylation sites is 1. The van der Waals surface area contributed by atoms with Gasteiger partial charge in [-0.3, -0.25) is 9.36 Å². The Morgan fingerprint density at radius 3 is 2.39 bits per heavy atom. The van der Waals surface area contributed by atoms with Crippen LogP contribution in [0.2, 0.25) is 0 Å². The first-order valence-corrected chi connectivity index (χ1v) is 13.0. The molecule has 0 radical (unpaired) electrons.